The van der Waals surface area contributed by atoms with E-state index >= 15 is 0 Å². The second-order valence-corrected chi connectivity index (χ2v) is 5.70. The predicted octanol–water partition coefficient (Wildman–Crippen LogP) is 2.27. The number of nitro groups is 1. The fourth-order valence-electron chi connectivity index (χ4n) is 1.85. The second-order valence-electron chi connectivity index (χ2n) is 4.62. The highest BCUT2D eigenvalue weighted by Crippen LogP contribution is 2.34. The number of aliphatic hydroxyl groups is 1. The first-order chi connectivity index (χ1) is 11.5. The maximum absolute atomic E-state index is 11.0. The van der Waals surface area contributed by atoms with Gasteiger partial charge in [0.25, 0.3) is 5.69 Å². The molecule has 0 unspecified atom stereocenters. The van der Waals surface area contributed by atoms with Gasteiger partial charge in [-0.3, -0.25) is 10.1 Å². The standard InChI is InChI=1S/C15H15N5O3S.ClH/c16-15(17)19-18-8-11-7-12(20(22)23)5-6-14(11)24-13-4-2-1-3-10(13)9-21;/h1-8,21H,9H2,(H4,16,17,19);1H. The van der Waals surface area contributed by atoms with E-state index < -0.39 is 4.92 Å². The highest BCUT2D eigenvalue weighted by molar-refractivity contribution is 7.99. The predicted molar refractivity (Wildman–Crippen MR) is 100 cm³/mol. The molecule has 132 valence electrons. The molecule has 0 bridgehead atoms. The van der Waals surface area contributed by atoms with E-state index in [1.807, 2.05) is 18.2 Å². The molecule has 10 heteroatoms. The van der Waals surface area contributed by atoms with Gasteiger partial charge in [-0.05, 0) is 17.7 Å². The number of nitro benzene ring substituents is 1. The third-order valence-electron chi connectivity index (χ3n) is 2.94. The Hall–Kier alpha value is -2.62. The minimum Gasteiger partial charge on any atom is -0.392 e. The Labute approximate surface area is 154 Å². The van der Waals surface area contributed by atoms with E-state index in [-0.39, 0.29) is 30.7 Å². The first kappa shape index (κ1) is 20.4. The molecule has 5 N–H and O–H groups in total. The maximum atomic E-state index is 11.0. The number of benzene rings is 2. The molecular weight excluding hydrogens is 366 g/mol. The Morgan fingerprint density at radius 1 is 1.24 bits per heavy atom. The van der Waals surface area contributed by atoms with Crippen molar-refractivity contribution in [1.29, 1.82) is 0 Å². The molecule has 0 aliphatic carbocycles. The molecule has 2 rings (SSSR count). The largest absolute Gasteiger partial charge is 0.392 e. The number of hydrogen-bond acceptors (Lipinski definition) is 6. The van der Waals surface area contributed by atoms with Crippen molar-refractivity contribution in [1.82, 2.24) is 0 Å². The van der Waals surface area contributed by atoms with Crippen molar-refractivity contribution in [2.75, 3.05) is 0 Å². The van der Waals surface area contributed by atoms with E-state index in [1.54, 1.807) is 12.1 Å². The van der Waals surface area contributed by atoms with Gasteiger partial charge in [0, 0.05) is 27.5 Å². The number of guanidine groups is 1. The van der Waals surface area contributed by atoms with Gasteiger partial charge in [0.1, 0.15) is 0 Å². The monoisotopic (exact) mass is 381 g/mol. The van der Waals surface area contributed by atoms with Crippen molar-refractivity contribution in [3.63, 3.8) is 0 Å². The van der Waals surface area contributed by atoms with Crippen molar-refractivity contribution >= 4 is 42.0 Å². The first-order valence-electron chi connectivity index (χ1n) is 6.78. The molecule has 25 heavy (non-hydrogen) atoms. The number of nitrogens with zero attached hydrogens (tertiary/aromatic N) is 3. The van der Waals surface area contributed by atoms with Crippen LogP contribution in [0.15, 0.2) is 62.5 Å². The lowest BCUT2D eigenvalue weighted by Gasteiger charge is -2.09. The molecule has 0 aromatic heterocycles. The summed E-state index contributed by atoms with van der Waals surface area (Å²) in [5.74, 6) is -0.212. The Morgan fingerprint density at radius 2 is 1.96 bits per heavy atom. The van der Waals surface area contributed by atoms with Gasteiger partial charge in [-0.15, -0.1) is 17.5 Å². The van der Waals surface area contributed by atoms with Crippen molar-refractivity contribution in [3.8, 4) is 0 Å². The highest BCUT2D eigenvalue weighted by atomic mass is 35.5. The summed E-state index contributed by atoms with van der Waals surface area (Å²) in [5, 5.41) is 27.6. The maximum Gasteiger partial charge on any atom is 0.270 e. The van der Waals surface area contributed by atoms with Gasteiger partial charge in [-0.2, -0.15) is 5.10 Å². The van der Waals surface area contributed by atoms with Crippen molar-refractivity contribution in [2.24, 2.45) is 21.7 Å². The summed E-state index contributed by atoms with van der Waals surface area (Å²) in [5.41, 5.74) is 11.6. The van der Waals surface area contributed by atoms with Gasteiger partial charge in [0.15, 0.2) is 0 Å². The van der Waals surface area contributed by atoms with Gasteiger partial charge < -0.3 is 16.6 Å². The SMILES string of the molecule is Cl.NC(N)=NN=Cc1cc([N+](=O)[O-])ccc1Sc1ccccc1CO. The number of rotatable bonds is 6. The Kier molecular flexibility index (Phi) is 7.86. The van der Waals surface area contributed by atoms with Crippen LogP contribution in [0, 0.1) is 10.1 Å². The number of halogens is 1. The van der Waals surface area contributed by atoms with Crippen molar-refractivity contribution in [2.45, 2.75) is 16.4 Å². The molecule has 0 spiro atoms. The molecule has 8 nitrogen and oxygen atoms in total. The van der Waals surface area contributed by atoms with Crippen LogP contribution >= 0.6 is 24.2 Å². The van der Waals surface area contributed by atoms with Crippen LogP contribution in [0.25, 0.3) is 0 Å². The van der Waals surface area contributed by atoms with Gasteiger partial charge in [0.2, 0.25) is 5.96 Å². The molecule has 0 aliphatic rings. The molecule has 0 radical (unpaired) electrons. The van der Waals surface area contributed by atoms with E-state index in [4.69, 9.17) is 11.5 Å². The quantitative estimate of drug-likeness (QED) is 0.303. The average molecular weight is 382 g/mol. The van der Waals surface area contributed by atoms with E-state index in [1.165, 1.54) is 30.1 Å². The van der Waals surface area contributed by atoms with Crippen LogP contribution in [0.3, 0.4) is 0 Å². The lowest BCUT2D eigenvalue weighted by atomic mass is 10.2. The zero-order chi connectivity index (χ0) is 17.5. The highest BCUT2D eigenvalue weighted by Gasteiger charge is 2.12. The average Bonchev–Trinajstić information content (AvgIpc) is 2.56. The first-order valence-corrected chi connectivity index (χ1v) is 7.60. The molecule has 2 aromatic rings. The summed E-state index contributed by atoms with van der Waals surface area (Å²) in [6, 6.07) is 11.7. The van der Waals surface area contributed by atoms with Crippen LogP contribution < -0.4 is 11.5 Å². The zero-order valence-corrected chi connectivity index (χ0v) is 14.5. The smallest absolute Gasteiger partial charge is 0.270 e. The van der Waals surface area contributed by atoms with Gasteiger partial charge in [-0.1, -0.05) is 30.0 Å². The Morgan fingerprint density at radius 3 is 2.60 bits per heavy atom. The summed E-state index contributed by atoms with van der Waals surface area (Å²) in [6.07, 6.45) is 1.34. The fourth-order valence-corrected chi connectivity index (χ4v) is 2.87. The zero-order valence-electron chi connectivity index (χ0n) is 12.9. The number of aliphatic hydroxyl groups excluding tert-OH is 1. The van der Waals surface area contributed by atoms with Crippen LogP contribution in [0.5, 0.6) is 0 Å². The Bertz CT molecular complexity index is 810. The summed E-state index contributed by atoms with van der Waals surface area (Å²) < 4.78 is 0. The van der Waals surface area contributed by atoms with Gasteiger partial charge in [-0.25, -0.2) is 0 Å². The van der Waals surface area contributed by atoms with E-state index in [0.29, 0.717) is 5.56 Å². The lowest BCUT2D eigenvalue weighted by Crippen LogP contribution is -2.21. The van der Waals surface area contributed by atoms with E-state index in [9.17, 15) is 15.2 Å². The summed E-state index contributed by atoms with van der Waals surface area (Å²) >= 11 is 1.36. The number of nitrogens with two attached hydrogens (primary N) is 2. The van der Waals surface area contributed by atoms with Crippen molar-refractivity contribution in [3.05, 3.63) is 63.7 Å². The van der Waals surface area contributed by atoms with Crippen LogP contribution in [0.2, 0.25) is 0 Å². The second kappa shape index (κ2) is 9.62. The van der Waals surface area contributed by atoms with Crippen LogP contribution in [0.4, 0.5) is 5.69 Å². The summed E-state index contributed by atoms with van der Waals surface area (Å²) in [4.78, 5) is 12.0. The molecule has 0 heterocycles. The molecule has 0 fully saturated rings. The third-order valence-corrected chi connectivity index (χ3v) is 4.15. The normalized spacial score (nSPS) is 10.3. The number of non-ortho nitro benzene ring substituents is 1. The fraction of sp³-hybridized carbons (Fsp3) is 0.0667. The minimum absolute atomic E-state index is 0. The van der Waals surface area contributed by atoms with E-state index in [0.717, 1.165) is 15.4 Å². The van der Waals surface area contributed by atoms with Gasteiger partial charge in [0.05, 0.1) is 17.7 Å². The molecule has 0 atom stereocenters. The molecule has 0 aliphatic heterocycles. The molecule has 0 saturated carbocycles. The van der Waals surface area contributed by atoms with Crippen LogP contribution in [-0.4, -0.2) is 22.2 Å². The van der Waals surface area contributed by atoms with Crippen LogP contribution in [-0.2, 0) is 6.61 Å². The molecular formula is C15H16ClN5O3S. The van der Waals surface area contributed by atoms with Gasteiger partial charge >= 0.3 is 0 Å². The number of hydrogen-bond donors (Lipinski definition) is 3. The van der Waals surface area contributed by atoms with E-state index in [2.05, 4.69) is 10.2 Å². The lowest BCUT2D eigenvalue weighted by molar-refractivity contribution is -0.384. The van der Waals surface area contributed by atoms with Crippen molar-refractivity contribution < 1.29 is 10.0 Å². The van der Waals surface area contributed by atoms with Crippen LogP contribution in [0.1, 0.15) is 11.1 Å². The minimum atomic E-state index is -0.492. The summed E-state index contributed by atoms with van der Waals surface area (Å²) in [6.45, 7) is -0.104. The Balaban J connectivity index is 0.00000312. The molecule has 0 amide bonds. The third kappa shape index (κ3) is 5.75. The molecule has 2 aromatic carbocycles. The summed E-state index contributed by atoms with van der Waals surface area (Å²) in [7, 11) is 0. The molecule has 0 saturated heterocycles. The topological polar surface area (TPSA) is 140 Å².